The molecule has 0 aromatic heterocycles. The van der Waals surface area contributed by atoms with Gasteiger partial charge in [-0.2, -0.15) is 0 Å². The molecule has 1 aromatic rings. The molecule has 19 heavy (non-hydrogen) atoms. The van der Waals surface area contributed by atoms with E-state index in [1.54, 1.807) is 0 Å². The van der Waals surface area contributed by atoms with E-state index in [1.807, 2.05) is 0 Å². The van der Waals surface area contributed by atoms with E-state index in [-0.39, 0.29) is 40.8 Å². The second-order valence-corrected chi connectivity index (χ2v) is 4.86. The summed E-state index contributed by atoms with van der Waals surface area (Å²) in [6.45, 7) is 0.243. The van der Waals surface area contributed by atoms with E-state index in [0.717, 1.165) is 6.07 Å². The summed E-state index contributed by atoms with van der Waals surface area (Å²) in [5.41, 5.74) is 0. The first kappa shape index (κ1) is 16.4. The van der Waals surface area contributed by atoms with Gasteiger partial charge in [-0.1, -0.05) is 34.8 Å². The summed E-state index contributed by atoms with van der Waals surface area (Å²) in [4.78, 5) is 0. The van der Waals surface area contributed by atoms with Gasteiger partial charge >= 0.3 is 0 Å². The molecule has 0 aliphatic rings. The van der Waals surface area contributed by atoms with Gasteiger partial charge in [0.05, 0.1) is 11.6 Å². The van der Waals surface area contributed by atoms with Gasteiger partial charge in [-0.15, -0.1) is 0 Å². The van der Waals surface area contributed by atoms with Crippen molar-refractivity contribution in [2.45, 2.75) is 6.42 Å². The molecule has 3 nitrogen and oxygen atoms in total. The molecule has 7 heteroatoms. The standard InChI is InChI=1S/C12H12Cl3FO3/c13-9-6-8(18-5-2-11(14)15)7-10(16)12(9)19-4-1-3-17/h2,6-7,17H,1,3-5H2. The monoisotopic (exact) mass is 328 g/mol. The molecule has 0 radical (unpaired) electrons. The molecule has 0 bridgehead atoms. The SMILES string of the molecule is OCCCOc1c(F)cc(OCC=C(Cl)Cl)cc1Cl. The Labute approximate surface area is 125 Å². The van der Waals surface area contributed by atoms with Crippen LogP contribution in [0.15, 0.2) is 22.7 Å². The molecule has 0 aliphatic carbocycles. The highest BCUT2D eigenvalue weighted by Gasteiger charge is 2.11. The Bertz CT molecular complexity index is 425. The second-order valence-electron chi connectivity index (χ2n) is 3.45. The maximum Gasteiger partial charge on any atom is 0.173 e. The number of halogens is 4. The lowest BCUT2D eigenvalue weighted by molar-refractivity contribution is 0.228. The molecule has 1 N–H and O–H groups in total. The molecular weight excluding hydrogens is 317 g/mol. The number of aliphatic hydroxyl groups is 1. The molecule has 0 saturated heterocycles. The average molecular weight is 330 g/mol. The minimum absolute atomic E-state index is 0.0358. The van der Waals surface area contributed by atoms with E-state index < -0.39 is 5.82 Å². The fraction of sp³-hybridized carbons (Fsp3) is 0.333. The van der Waals surface area contributed by atoms with Crippen LogP contribution in [-0.2, 0) is 0 Å². The number of rotatable bonds is 7. The Morgan fingerprint density at radius 3 is 2.63 bits per heavy atom. The summed E-state index contributed by atoms with van der Waals surface area (Å²) in [6.07, 6.45) is 1.81. The third kappa shape index (κ3) is 5.87. The summed E-state index contributed by atoms with van der Waals surface area (Å²) >= 11 is 16.7. The first-order valence-electron chi connectivity index (χ1n) is 5.41. The average Bonchev–Trinajstić information content (AvgIpc) is 2.32. The van der Waals surface area contributed by atoms with Gasteiger partial charge in [0, 0.05) is 25.2 Å². The molecule has 0 saturated carbocycles. The molecule has 0 fully saturated rings. The normalized spacial score (nSPS) is 10.2. The molecule has 106 valence electrons. The van der Waals surface area contributed by atoms with Crippen molar-refractivity contribution in [2.75, 3.05) is 19.8 Å². The van der Waals surface area contributed by atoms with Crippen LogP contribution in [0, 0.1) is 5.82 Å². The maximum atomic E-state index is 13.7. The van der Waals surface area contributed by atoms with Crippen LogP contribution in [0.5, 0.6) is 11.5 Å². The largest absolute Gasteiger partial charge is 0.489 e. The highest BCUT2D eigenvalue weighted by molar-refractivity contribution is 6.55. The first-order chi connectivity index (χ1) is 9.04. The van der Waals surface area contributed by atoms with Crippen LogP contribution in [0.3, 0.4) is 0 Å². The lowest BCUT2D eigenvalue weighted by Crippen LogP contribution is -2.02. The van der Waals surface area contributed by atoms with Crippen molar-refractivity contribution in [3.8, 4) is 11.5 Å². The van der Waals surface area contributed by atoms with Crippen molar-refractivity contribution in [2.24, 2.45) is 0 Å². The van der Waals surface area contributed by atoms with Crippen molar-refractivity contribution >= 4 is 34.8 Å². The number of ether oxygens (including phenoxy) is 2. The molecule has 0 heterocycles. The van der Waals surface area contributed by atoms with Crippen LogP contribution >= 0.6 is 34.8 Å². The van der Waals surface area contributed by atoms with Crippen molar-refractivity contribution < 1.29 is 19.0 Å². The molecule has 0 atom stereocenters. The summed E-state index contributed by atoms with van der Waals surface area (Å²) < 4.78 is 24.1. The molecule has 0 unspecified atom stereocenters. The van der Waals surface area contributed by atoms with Crippen molar-refractivity contribution in [3.63, 3.8) is 0 Å². The minimum atomic E-state index is -0.638. The summed E-state index contributed by atoms with van der Waals surface area (Å²) in [5.74, 6) is -0.461. The molecule has 1 rings (SSSR count). The van der Waals surface area contributed by atoms with E-state index in [2.05, 4.69) is 0 Å². The molecular formula is C12H12Cl3FO3. The Balaban J connectivity index is 2.70. The Morgan fingerprint density at radius 1 is 1.32 bits per heavy atom. The number of aliphatic hydroxyl groups excluding tert-OH is 1. The van der Waals surface area contributed by atoms with Gasteiger partial charge in [0.1, 0.15) is 16.8 Å². The van der Waals surface area contributed by atoms with E-state index in [1.165, 1.54) is 12.1 Å². The van der Waals surface area contributed by atoms with E-state index in [4.69, 9.17) is 49.4 Å². The Kier molecular flexibility index (Phi) is 7.31. The van der Waals surface area contributed by atoms with E-state index in [0.29, 0.717) is 6.42 Å². The van der Waals surface area contributed by atoms with Gasteiger partial charge < -0.3 is 14.6 Å². The zero-order valence-electron chi connectivity index (χ0n) is 9.84. The second kappa shape index (κ2) is 8.48. The van der Waals surface area contributed by atoms with Gasteiger partial charge in [0.2, 0.25) is 0 Å². The van der Waals surface area contributed by atoms with Crippen molar-refractivity contribution in [3.05, 3.63) is 33.5 Å². The first-order valence-corrected chi connectivity index (χ1v) is 6.54. The van der Waals surface area contributed by atoms with Crippen LogP contribution in [-0.4, -0.2) is 24.9 Å². The maximum absolute atomic E-state index is 13.7. The zero-order valence-corrected chi connectivity index (χ0v) is 12.1. The molecule has 0 amide bonds. The van der Waals surface area contributed by atoms with E-state index >= 15 is 0 Å². The minimum Gasteiger partial charge on any atom is -0.489 e. The predicted molar refractivity (Wildman–Crippen MR) is 73.9 cm³/mol. The lowest BCUT2D eigenvalue weighted by atomic mass is 10.3. The fourth-order valence-electron chi connectivity index (χ4n) is 1.20. The van der Waals surface area contributed by atoms with Gasteiger partial charge in [0.25, 0.3) is 0 Å². The van der Waals surface area contributed by atoms with Crippen LogP contribution in [0.4, 0.5) is 4.39 Å². The summed E-state index contributed by atoms with van der Waals surface area (Å²) in [6, 6.07) is 2.57. The van der Waals surface area contributed by atoms with Crippen LogP contribution in [0.2, 0.25) is 5.02 Å². The highest BCUT2D eigenvalue weighted by atomic mass is 35.5. The van der Waals surface area contributed by atoms with Crippen molar-refractivity contribution in [1.29, 1.82) is 0 Å². The topological polar surface area (TPSA) is 38.7 Å². The Hall–Kier alpha value is -0.680. The van der Waals surface area contributed by atoms with Gasteiger partial charge in [-0.05, 0) is 6.08 Å². The smallest absolute Gasteiger partial charge is 0.173 e. The fourth-order valence-corrected chi connectivity index (χ4v) is 1.58. The molecule has 1 aromatic carbocycles. The molecule has 0 spiro atoms. The lowest BCUT2D eigenvalue weighted by Gasteiger charge is -2.10. The van der Waals surface area contributed by atoms with Crippen LogP contribution < -0.4 is 9.47 Å². The number of hydrogen-bond acceptors (Lipinski definition) is 3. The number of hydrogen-bond donors (Lipinski definition) is 1. The Morgan fingerprint density at radius 2 is 2.05 bits per heavy atom. The summed E-state index contributed by atoms with van der Waals surface area (Å²) in [5, 5.41) is 8.71. The quantitative estimate of drug-likeness (QED) is 0.770. The number of benzene rings is 1. The van der Waals surface area contributed by atoms with Gasteiger partial charge in [-0.25, -0.2) is 4.39 Å². The van der Waals surface area contributed by atoms with Crippen LogP contribution in [0.1, 0.15) is 6.42 Å². The van der Waals surface area contributed by atoms with E-state index in [9.17, 15) is 4.39 Å². The third-order valence-corrected chi connectivity index (χ3v) is 2.60. The van der Waals surface area contributed by atoms with Crippen LogP contribution in [0.25, 0.3) is 0 Å². The highest BCUT2D eigenvalue weighted by Crippen LogP contribution is 2.32. The van der Waals surface area contributed by atoms with Gasteiger partial charge in [0.15, 0.2) is 11.6 Å². The van der Waals surface area contributed by atoms with Crippen molar-refractivity contribution in [1.82, 2.24) is 0 Å². The summed E-state index contributed by atoms with van der Waals surface area (Å²) in [7, 11) is 0. The van der Waals surface area contributed by atoms with Gasteiger partial charge in [-0.3, -0.25) is 0 Å². The molecule has 0 aliphatic heterocycles. The predicted octanol–water partition coefficient (Wildman–Crippen LogP) is 3.94. The third-order valence-electron chi connectivity index (χ3n) is 2.01. The zero-order chi connectivity index (χ0) is 14.3.